The summed E-state index contributed by atoms with van der Waals surface area (Å²) >= 11 is 0. The van der Waals surface area contributed by atoms with Gasteiger partial charge in [-0.1, -0.05) is 0 Å². The number of carbonyl (C=O) groups is 1. The standard InChI is InChI=1S/C10H11N7O/c1-2-11-8-4-3-7(15-16-8)9(18)14-10-12-5-6-13-17-10/h3-6H,2H2,1H3,(H,11,16)(H,12,14,17,18). The molecule has 0 aliphatic rings. The molecule has 0 bridgehead atoms. The first-order chi connectivity index (χ1) is 8.79. The first-order valence-corrected chi connectivity index (χ1v) is 5.32. The molecule has 2 heterocycles. The van der Waals surface area contributed by atoms with Crippen molar-refractivity contribution in [3.05, 3.63) is 30.2 Å². The van der Waals surface area contributed by atoms with Gasteiger partial charge in [0.15, 0.2) is 5.69 Å². The molecule has 0 aromatic carbocycles. The van der Waals surface area contributed by atoms with E-state index in [1.54, 1.807) is 12.1 Å². The van der Waals surface area contributed by atoms with E-state index < -0.39 is 5.91 Å². The molecule has 0 saturated heterocycles. The lowest BCUT2D eigenvalue weighted by atomic mass is 10.3. The quantitative estimate of drug-likeness (QED) is 0.800. The SMILES string of the molecule is CCNc1ccc(C(=O)Nc2nccnn2)nn1. The monoisotopic (exact) mass is 245 g/mol. The Morgan fingerprint density at radius 3 is 2.72 bits per heavy atom. The molecule has 2 N–H and O–H groups in total. The van der Waals surface area contributed by atoms with Crippen LogP contribution in [0.15, 0.2) is 24.5 Å². The van der Waals surface area contributed by atoms with Crippen molar-refractivity contribution in [3.63, 3.8) is 0 Å². The highest BCUT2D eigenvalue weighted by molar-refractivity contribution is 6.01. The van der Waals surface area contributed by atoms with Crippen LogP contribution in [0.2, 0.25) is 0 Å². The predicted molar refractivity (Wildman–Crippen MR) is 64.0 cm³/mol. The average molecular weight is 245 g/mol. The van der Waals surface area contributed by atoms with E-state index in [0.717, 1.165) is 6.54 Å². The Hall–Kier alpha value is -2.64. The molecule has 0 fully saturated rings. The molecule has 2 aromatic heterocycles. The Morgan fingerprint density at radius 1 is 1.22 bits per heavy atom. The summed E-state index contributed by atoms with van der Waals surface area (Å²) in [6.45, 7) is 2.69. The van der Waals surface area contributed by atoms with Gasteiger partial charge in [0.2, 0.25) is 5.95 Å². The molecule has 0 unspecified atom stereocenters. The van der Waals surface area contributed by atoms with Crippen LogP contribution in [0.4, 0.5) is 11.8 Å². The second-order valence-electron chi connectivity index (χ2n) is 3.25. The molecule has 92 valence electrons. The van der Waals surface area contributed by atoms with Gasteiger partial charge in [0.1, 0.15) is 5.82 Å². The Balaban J connectivity index is 2.05. The molecule has 2 rings (SSSR count). The Labute approximate surface area is 103 Å². The summed E-state index contributed by atoms with van der Waals surface area (Å²) in [5.41, 5.74) is 0.184. The topological polar surface area (TPSA) is 106 Å². The minimum Gasteiger partial charge on any atom is -0.369 e. The van der Waals surface area contributed by atoms with Crippen molar-refractivity contribution in [3.8, 4) is 0 Å². The highest BCUT2D eigenvalue weighted by atomic mass is 16.2. The number of nitrogens with one attached hydrogen (secondary N) is 2. The fraction of sp³-hybridized carbons (Fsp3) is 0.200. The van der Waals surface area contributed by atoms with E-state index in [0.29, 0.717) is 5.82 Å². The summed E-state index contributed by atoms with van der Waals surface area (Å²) in [7, 11) is 0. The van der Waals surface area contributed by atoms with Crippen molar-refractivity contribution in [1.29, 1.82) is 0 Å². The van der Waals surface area contributed by atoms with Crippen LogP contribution in [0.5, 0.6) is 0 Å². The zero-order valence-corrected chi connectivity index (χ0v) is 9.66. The van der Waals surface area contributed by atoms with E-state index >= 15 is 0 Å². The van der Waals surface area contributed by atoms with Crippen molar-refractivity contribution in [1.82, 2.24) is 25.4 Å². The van der Waals surface area contributed by atoms with Crippen molar-refractivity contribution in [2.75, 3.05) is 17.2 Å². The first-order valence-electron chi connectivity index (χ1n) is 5.32. The third kappa shape index (κ3) is 2.94. The Morgan fingerprint density at radius 2 is 2.11 bits per heavy atom. The molecule has 0 saturated carbocycles. The second-order valence-corrected chi connectivity index (χ2v) is 3.25. The molecule has 1 amide bonds. The first kappa shape index (κ1) is 11.8. The zero-order valence-electron chi connectivity index (χ0n) is 9.66. The molecule has 0 radical (unpaired) electrons. The Kier molecular flexibility index (Phi) is 3.69. The van der Waals surface area contributed by atoms with Crippen LogP contribution in [-0.4, -0.2) is 37.8 Å². The average Bonchev–Trinajstić information content (AvgIpc) is 2.41. The molecular formula is C10H11N7O. The van der Waals surface area contributed by atoms with E-state index in [-0.39, 0.29) is 11.6 Å². The van der Waals surface area contributed by atoms with E-state index in [2.05, 4.69) is 36.0 Å². The van der Waals surface area contributed by atoms with E-state index in [4.69, 9.17) is 0 Å². The number of aromatic nitrogens is 5. The van der Waals surface area contributed by atoms with Crippen LogP contribution in [0.25, 0.3) is 0 Å². The van der Waals surface area contributed by atoms with Crippen molar-refractivity contribution in [2.45, 2.75) is 6.92 Å². The van der Waals surface area contributed by atoms with Gasteiger partial charge in [0.05, 0.1) is 12.4 Å². The number of hydrogen-bond donors (Lipinski definition) is 2. The van der Waals surface area contributed by atoms with Crippen molar-refractivity contribution >= 4 is 17.7 Å². The fourth-order valence-electron chi connectivity index (χ4n) is 1.20. The van der Waals surface area contributed by atoms with Gasteiger partial charge < -0.3 is 5.32 Å². The molecule has 0 atom stereocenters. The number of nitrogens with zero attached hydrogens (tertiary/aromatic N) is 5. The lowest BCUT2D eigenvalue weighted by molar-refractivity contribution is 0.102. The number of carbonyl (C=O) groups excluding carboxylic acids is 1. The van der Waals surface area contributed by atoms with Gasteiger partial charge in [-0.25, -0.2) is 4.98 Å². The number of anilines is 2. The van der Waals surface area contributed by atoms with Gasteiger partial charge in [0, 0.05) is 6.54 Å². The van der Waals surface area contributed by atoms with E-state index in [9.17, 15) is 4.79 Å². The maximum atomic E-state index is 11.7. The maximum absolute atomic E-state index is 11.7. The van der Waals surface area contributed by atoms with Gasteiger partial charge in [-0.2, -0.15) is 5.10 Å². The number of hydrogen-bond acceptors (Lipinski definition) is 7. The van der Waals surface area contributed by atoms with Crippen molar-refractivity contribution in [2.24, 2.45) is 0 Å². The summed E-state index contributed by atoms with van der Waals surface area (Å²) in [6.07, 6.45) is 2.85. The summed E-state index contributed by atoms with van der Waals surface area (Å²) in [6, 6.07) is 3.24. The summed E-state index contributed by atoms with van der Waals surface area (Å²) in [5.74, 6) is 0.310. The van der Waals surface area contributed by atoms with Gasteiger partial charge in [-0.3, -0.25) is 10.1 Å². The minimum absolute atomic E-state index is 0.125. The third-order valence-electron chi connectivity index (χ3n) is 1.96. The lowest BCUT2D eigenvalue weighted by Crippen LogP contribution is -2.16. The Bertz CT molecular complexity index is 514. The molecule has 2 aromatic rings. The fourth-order valence-corrected chi connectivity index (χ4v) is 1.20. The van der Waals surface area contributed by atoms with Gasteiger partial charge in [0.25, 0.3) is 5.91 Å². The molecule has 8 heteroatoms. The smallest absolute Gasteiger partial charge is 0.278 e. The highest BCUT2D eigenvalue weighted by Crippen LogP contribution is 2.03. The molecular weight excluding hydrogens is 234 g/mol. The summed E-state index contributed by atoms with van der Waals surface area (Å²) in [4.78, 5) is 15.6. The predicted octanol–water partition coefficient (Wildman–Crippen LogP) is 0.346. The van der Waals surface area contributed by atoms with Crippen LogP contribution in [-0.2, 0) is 0 Å². The van der Waals surface area contributed by atoms with Crippen LogP contribution in [0.3, 0.4) is 0 Å². The zero-order chi connectivity index (χ0) is 12.8. The maximum Gasteiger partial charge on any atom is 0.278 e. The molecule has 18 heavy (non-hydrogen) atoms. The normalized spacial score (nSPS) is 9.83. The van der Waals surface area contributed by atoms with E-state index in [1.807, 2.05) is 6.92 Å². The van der Waals surface area contributed by atoms with Gasteiger partial charge in [-0.05, 0) is 19.1 Å². The largest absolute Gasteiger partial charge is 0.369 e. The van der Waals surface area contributed by atoms with Crippen molar-refractivity contribution < 1.29 is 4.79 Å². The number of rotatable bonds is 4. The second kappa shape index (κ2) is 5.62. The van der Waals surface area contributed by atoms with Gasteiger partial charge >= 0.3 is 0 Å². The van der Waals surface area contributed by atoms with E-state index in [1.165, 1.54) is 12.4 Å². The van der Waals surface area contributed by atoms with Crippen LogP contribution in [0, 0.1) is 0 Å². The van der Waals surface area contributed by atoms with Gasteiger partial charge in [-0.15, -0.1) is 15.3 Å². The molecule has 0 aliphatic carbocycles. The highest BCUT2D eigenvalue weighted by Gasteiger charge is 2.09. The number of amides is 1. The van der Waals surface area contributed by atoms with Crippen LogP contribution < -0.4 is 10.6 Å². The summed E-state index contributed by atoms with van der Waals surface area (Å²) in [5, 5.41) is 20.3. The van der Waals surface area contributed by atoms with Crippen LogP contribution >= 0.6 is 0 Å². The molecule has 0 aliphatic heterocycles. The summed E-state index contributed by atoms with van der Waals surface area (Å²) < 4.78 is 0. The third-order valence-corrected chi connectivity index (χ3v) is 1.96. The van der Waals surface area contributed by atoms with Crippen LogP contribution in [0.1, 0.15) is 17.4 Å². The lowest BCUT2D eigenvalue weighted by Gasteiger charge is -2.03. The molecule has 0 spiro atoms. The minimum atomic E-state index is -0.432. The molecule has 8 nitrogen and oxygen atoms in total.